The first-order chi connectivity index (χ1) is 6.72. The Kier molecular flexibility index (Phi) is 3.28. The highest BCUT2D eigenvalue weighted by atomic mass is 79.9. The van der Waals surface area contributed by atoms with Crippen molar-refractivity contribution in [2.75, 3.05) is 0 Å². The summed E-state index contributed by atoms with van der Waals surface area (Å²) in [5.41, 5.74) is 0.816. The van der Waals surface area contributed by atoms with Crippen molar-refractivity contribution in [3.05, 3.63) is 29.8 Å². The summed E-state index contributed by atoms with van der Waals surface area (Å²) in [5, 5.41) is 0. The molecule has 0 aliphatic rings. The van der Waals surface area contributed by atoms with Gasteiger partial charge in [0.05, 0.1) is 0 Å². The first-order valence-electron chi connectivity index (χ1n) is 3.92. The smallest absolute Gasteiger partial charge is 0.427 e. The Hall–Kier alpha value is -0.780. The zero-order valence-corrected chi connectivity index (χ0v) is 9.19. The zero-order valence-electron chi connectivity index (χ0n) is 7.61. The number of rotatable bonds is 3. The molecule has 1 rings (SSSR count). The second-order valence-corrected chi connectivity index (χ2v) is 3.93. The fraction of sp³-hybridized carbons (Fsp3) is 0.333. The van der Waals surface area contributed by atoms with E-state index in [-0.39, 0.29) is 5.75 Å². The summed E-state index contributed by atoms with van der Waals surface area (Å²) in [6.45, 7) is 1.74. The van der Waals surface area contributed by atoms with Crippen LogP contribution in [0.15, 0.2) is 24.3 Å². The molecule has 84 valence electrons. The van der Waals surface area contributed by atoms with E-state index in [4.69, 9.17) is 0 Å². The van der Waals surface area contributed by atoms with Crippen LogP contribution in [0.2, 0.25) is 0 Å². The first-order valence-corrected chi connectivity index (χ1v) is 4.72. The molecule has 0 saturated carbocycles. The van der Waals surface area contributed by atoms with Gasteiger partial charge in [0, 0.05) is 15.9 Å². The molecule has 15 heavy (non-hydrogen) atoms. The summed E-state index contributed by atoms with van der Waals surface area (Å²) in [4.78, 5) is -4.40. The third-order valence-corrected chi connectivity index (χ3v) is 2.06. The van der Waals surface area contributed by atoms with Gasteiger partial charge in [-0.15, -0.1) is 0 Å². The molecule has 0 aliphatic heterocycles. The molecule has 0 heterocycles. The lowest BCUT2D eigenvalue weighted by Gasteiger charge is -2.21. The van der Waals surface area contributed by atoms with Gasteiger partial charge in [0.2, 0.25) is 0 Å². The SMILES string of the molecule is Cc1ccc(OC(F)(F)C(F)(F)Br)cc1. The molecule has 0 saturated heterocycles. The van der Waals surface area contributed by atoms with Crippen LogP contribution in [0.1, 0.15) is 5.56 Å². The fourth-order valence-electron chi connectivity index (χ4n) is 0.812. The average Bonchev–Trinajstić information content (AvgIpc) is 2.06. The first kappa shape index (κ1) is 12.3. The van der Waals surface area contributed by atoms with Gasteiger partial charge in [-0.1, -0.05) is 17.7 Å². The summed E-state index contributed by atoms with van der Waals surface area (Å²) in [5.74, 6) is -0.315. The van der Waals surface area contributed by atoms with Crippen LogP contribution in [0, 0.1) is 6.92 Å². The van der Waals surface area contributed by atoms with Crippen molar-refractivity contribution in [1.29, 1.82) is 0 Å². The van der Waals surface area contributed by atoms with E-state index in [0.29, 0.717) is 0 Å². The largest absolute Gasteiger partial charge is 0.475 e. The van der Waals surface area contributed by atoms with Crippen LogP contribution in [-0.2, 0) is 0 Å². The molecule has 0 unspecified atom stereocenters. The molecule has 0 aromatic heterocycles. The van der Waals surface area contributed by atoms with Crippen LogP contribution in [-0.4, -0.2) is 10.9 Å². The molecule has 0 amide bonds. The Bertz CT molecular complexity index is 331. The van der Waals surface area contributed by atoms with Gasteiger partial charge in [0.15, 0.2) is 0 Å². The van der Waals surface area contributed by atoms with Gasteiger partial charge < -0.3 is 4.74 Å². The molecule has 0 bridgehead atoms. The third-order valence-electron chi connectivity index (χ3n) is 1.60. The van der Waals surface area contributed by atoms with Crippen molar-refractivity contribution < 1.29 is 22.3 Å². The van der Waals surface area contributed by atoms with Gasteiger partial charge in [0.1, 0.15) is 5.75 Å². The lowest BCUT2D eigenvalue weighted by atomic mass is 10.2. The summed E-state index contributed by atoms with van der Waals surface area (Å²) in [6.07, 6.45) is -4.58. The second-order valence-electron chi connectivity index (χ2n) is 2.93. The highest BCUT2D eigenvalue weighted by Gasteiger charge is 2.57. The Morgan fingerprint density at radius 1 is 1.07 bits per heavy atom. The fourth-order valence-corrected chi connectivity index (χ4v) is 0.893. The van der Waals surface area contributed by atoms with Gasteiger partial charge in [-0.05, 0) is 19.1 Å². The van der Waals surface area contributed by atoms with Crippen LogP contribution in [0.5, 0.6) is 5.75 Å². The number of hydrogen-bond donors (Lipinski definition) is 0. The monoisotopic (exact) mass is 286 g/mol. The van der Waals surface area contributed by atoms with Gasteiger partial charge in [-0.25, -0.2) is 0 Å². The predicted octanol–water partition coefficient (Wildman–Crippen LogP) is 3.95. The lowest BCUT2D eigenvalue weighted by Crippen LogP contribution is -2.40. The molecule has 1 nitrogen and oxygen atoms in total. The van der Waals surface area contributed by atoms with Crippen LogP contribution < -0.4 is 4.74 Å². The van der Waals surface area contributed by atoms with Crippen LogP contribution >= 0.6 is 15.9 Å². The summed E-state index contributed by atoms with van der Waals surface area (Å²) >= 11 is 1.56. The topological polar surface area (TPSA) is 9.23 Å². The average molecular weight is 287 g/mol. The molecule has 0 spiro atoms. The van der Waals surface area contributed by atoms with E-state index in [1.165, 1.54) is 24.3 Å². The van der Waals surface area contributed by atoms with E-state index >= 15 is 0 Å². The minimum atomic E-state index is -4.58. The highest BCUT2D eigenvalue weighted by molar-refractivity contribution is 9.10. The third kappa shape index (κ3) is 3.09. The maximum absolute atomic E-state index is 12.7. The summed E-state index contributed by atoms with van der Waals surface area (Å²) in [6, 6.07) is 5.36. The predicted molar refractivity (Wildman–Crippen MR) is 50.6 cm³/mol. The van der Waals surface area contributed by atoms with Crippen molar-refractivity contribution >= 4 is 15.9 Å². The minimum absolute atomic E-state index is 0.315. The maximum Gasteiger partial charge on any atom is 0.475 e. The van der Waals surface area contributed by atoms with Crippen LogP contribution in [0.3, 0.4) is 0 Å². The molecule has 0 radical (unpaired) electrons. The Labute approximate surface area is 92.2 Å². The van der Waals surface area contributed by atoms with Gasteiger partial charge in [0.25, 0.3) is 0 Å². The van der Waals surface area contributed by atoms with E-state index in [1.807, 2.05) is 0 Å². The van der Waals surface area contributed by atoms with Crippen molar-refractivity contribution in [2.45, 2.75) is 17.9 Å². The van der Waals surface area contributed by atoms with Gasteiger partial charge in [-0.2, -0.15) is 17.6 Å². The Morgan fingerprint density at radius 3 is 1.93 bits per heavy atom. The van der Waals surface area contributed by atoms with E-state index in [0.717, 1.165) is 5.56 Å². The molecule has 1 aromatic rings. The van der Waals surface area contributed by atoms with Gasteiger partial charge in [-0.3, -0.25) is 0 Å². The summed E-state index contributed by atoms with van der Waals surface area (Å²) in [7, 11) is 0. The number of halogens is 5. The second kappa shape index (κ2) is 4.00. The molecular weight excluding hydrogens is 280 g/mol. The molecule has 0 atom stereocenters. The Morgan fingerprint density at radius 2 is 1.53 bits per heavy atom. The molecular formula is C9H7BrF4O. The lowest BCUT2D eigenvalue weighted by molar-refractivity contribution is -0.266. The quantitative estimate of drug-likeness (QED) is 0.604. The van der Waals surface area contributed by atoms with E-state index in [1.54, 1.807) is 22.9 Å². The van der Waals surface area contributed by atoms with E-state index in [9.17, 15) is 17.6 Å². The zero-order chi connectivity index (χ0) is 11.7. The maximum atomic E-state index is 12.7. The van der Waals surface area contributed by atoms with Crippen molar-refractivity contribution in [3.8, 4) is 5.75 Å². The van der Waals surface area contributed by atoms with Crippen molar-refractivity contribution in [1.82, 2.24) is 0 Å². The number of aryl methyl sites for hydroxylation is 1. The Balaban J connectivity index is 2.82. The number of ether oxygens (including phenoxy) is 1. The molecule has 0 N–H and O–H groups in total. The van der Waals surface area contributed by atoms with E-state index in [2.05, 4.69) is 4.74 Å². The molecule has 6 heteroatoms. The number of hydrogen-bond acceptors (Lipinski definition) is 1. The van der Waals surface area contributed by atoms with Crippen LogP contribution in [0.25, 0.3) is 0 Å². The highest BCUT2D eigenvalue weighted by Crippen LogP contribution is 2.40. The summed E-state index contributed by atoms with van der Waals surface area (Å²) < 4.78 is 53.9. The molecule has 1 aromatic carbocycles. The van der Waals surface area contributed by atoms with E-state index < -0.39 is 10.9 Å². The molecule has 0 fully saturated rings. The van der Waals surface area contributed by atoms with Crippen molar-refractivity contribution in [3.63, 3.8) is 0 Å². The van der Waals surface area contributed by atoms with Crippen LogP contribution in [0.4, 0.5) is 17.6 Å². The number of benzene rings is 1. The van der Waals surface area contributed by atoms with Gasteiger partial charge >= 0.3 is 10.9 Å². The standard InChI is InChI=1S/C9H7BrF4O/c1-6-2-4-7(5-3-6)15-9(13,14)8(10,11)12/h2-5H,1H3. The van der Waals surface area contributed by atoms with Crippen molar-refractivity contribution in [2.24, 2.45) is 0 Å². The minimum Gasteiger partial charge on any atom is -0.427 e. The normalized spacial score (nSPS) is 12.7. The number of alkyl halides is 5. The molecule has 0 aliphatic carbocycles.